The van der Waals surface area contributed by atoms with Crippen LogP contribution in [0.25, 0.3) is 16.7 Å². The lowest BCUT2D eigenvalue weighted by atomic mass is 10.1. The molecule has 1 unspecified atom stereocenters. The van der Waals surface area contributed by atoms with E-state index in [4.69, 9.17) is 0 Å². The second-order valence-electron chi connectivity index (χ2n) is 4.97. The van der Waals surface area contributed by atoms with E-state index >= 15 is 0 Å². The van der Waals surface area contributed by atoms with Gasteiger partial charge in [0.1, 0.15) is 11.9 Å². The van der Waals surface area contributed by atoms with Crippen molar-refractivity contribution in [3.63, 3.8) is 0 Å². The van der Waals surface area contributed by atoms with Crippen LogP contribution in [0.2, 0.25) is 0 Å². The number of fused-ring (bicyclic) bond motifs is 1. The van der Waals surface area contributed by atoms with Crippen molar-refractivity contribution < 1.29 is 0 Å². The summed E-state index contributed by atoms with van der Waals surface area (Å²) in [6.07, 6.45) is 2.14. The number of H-pyrrole nitrogens is 1. The zero-order valence-electron chi connectivity index (χ0n) is 11.1. The molecule has 1 aliphatic heterocycles. The quantitative estimate of drug-likeness (QED) is 0.669. The molecule has 104 valence electrons. The number of nitrogens with zero attached hydrogens (tertiary/aromatic N) is 1. The Hall–Kier alpha value is -2.11. The Balaban J connectivity index is 1.66. The lowest BCUT2D eigenvalue weighted by Crippen LogP contribution is -2.26. The Morgan fingerprint density at radius 3 is 2.62 bits per heavy atom. The molecule has 0 saturated heterocycles. The van der Waals surface area contributed by atoms with E-state index in [1.54, 1.807) is 0 Å². The molecule has 1 aromatic heterocycles. The van der Waals surface area contributed by atoms with Crippen molar-refractivity contribution in [1.82, 2.24) is 20.8 Å². The van der Waals surface area contributed by atoms with Gasteiger partial charge in [-0.2, -0.15) is 0 Å². The first-order valence-corrected chi connectivity index (χ1v) is 7.53. The zero-order valence-corrected chi connectivity index (χ0v) is 12.7. The number of imidazole rings is 1. The zero-order chi connectivity index (χ0) is 14.2. The average Bonchev–Trinajstić information content (AvgIpc) is 3.14. The molecule has 1 aliphatic rings. The van der Waals surface area contributed by atoms with Crippen LogP contribution in [0, 0.1) is 0 Å². The van der Waals surface area contributed by atoms with Crippen molar-refractivity contribution in [2.45, 2.75) is 6.04 Å². The molecule has 0 radical (unpaired) electrons. The van der Waals surface area contributed by atoms with Crippen molar-refractivity contribution in [2.24, 2.45) is 0 Å². The molecule has 2 heterocycles. The lowest BCUT2D eigenvalue weighted by Gasteiger charge is -2.05. The van der Waals surface area contributed by atoms with Gasteiger partial charge >= 0.3 is 0 Å². The Morgan fingerprint density at radius 2 is 1.81 bits per heavy atom. The Bertz CT molecular complexity index is 787. The van der Waals surface area contributed by atoms with E-state index in [0.717, 1.165) is 32.6 Å². The van der Waals surface area contributed by atoms with Gasteiger partial charge in [0, 0.05) is 4.47 Å². The maximum absolute atomic E-state index is 4.63. The van der Waals surface area contributed by atoms with Gasteiger partial charge in [-0.15, -0.1) is 0 Å². The summed E-state index contributed by atoms with van der Waals surface area (Å²) in [4.78, 5) is 7.98. The lowest BCUT2D eigenvalue weighted by molar-refractivity contribution is 0.595. The molecular formula is C16H13BrN4. The van der Waals surface area contributed by atoms with Crippen molar-refractivity contribution in [3.8, 4) is 0 Å². The van der Waals surface area contributed by atoms with E-state index in [0.29, 0.717) is 0 Å². The number of hydrazine groups is 1. The molecule has 1 atom stereocenters. The first-order valence-electron chi connectivity index (χ1n) is 6.73. The summed E-state index contributed by atoms with van der Waals surface area (Å²) < 4.78 is 1.08. The molecule has 2 aromatic carbocycles. The summed E-state index contributed by atoms with van der Waals surface area (Å²) in [6, 6.07) is 16.3. The molecular weight excluding hydrogens is 328 g/mol. The molecule has 21 heavy (non-hydrogen) atoms. The van der Waals surface area contributed by atoms with Crippen molar-refractivity contribution >= 4 is 32.7 Å². The van der Waals surface area contributed by atoms with E-state index in [1.807, 2.05) is 36.4 Å². The van der Waals surface area contributed by atoms with Gasteiger partial charge in [-0.05, 0) is 35.9 Å². The van der Waals surface area contributed by atoms with Crippen molar-refractivity contribution in [1.29, 1.82) is 0 Å². The highest BCUT2D eigenvalue weighted by molar-refractivity contribution is 9.10. The second kappa shape index (κ2) is 5.02. The number of benzene rings is 2. The number of para-hydroxylation sites is 2. The minimum absolute atomic E-state index is 0.0380. The molecule has 3 N–H and O–H groups in total. The number of hydrogen-bond donors (Lipinski definition) is 3. The highest BCUT2D eigenvalue weighted by Gasteiger charge is 2.20. The van der Waals surface area contributed by atoms with Gasteiger partial charge in [-0.3, -0.25) is 0 Å². The topological polar surface area (TPSA) is 52.7 Å². The molecule has 0 spiro atoms. The van der Waals surface area contributed by atoms with Crippen LogP contribution >= 0.6 is 15.9 Å². The minimum atomic E-state index is 0.0380. The van der Waals surface area contributed by atoms with Crippen LogP contribution in [0.3, 0.4) is 0 Å². The first-order chi connectivity index (χ1) is 10.3. The maximum Gasteiger partial charge on any atom is 0.130 e. The number of rotatable bonds is 2. The maximum atomic E-state index is 4.63. The third-order valence-electron chi connectivity index (χ3n) is 3.55. The molecule has 4 nitrogen and oxygen atoms in total. The molecule has 4 rings (SSSR count). The van der Waals surface area contributed by atoms with E-state index in [-0.39, 0.29) is 6.04 Å². The van der Waals surface area contributed by atoms with Gasteiger partial charge in [0.15, 0.2) is 0 Å². The van der Waals surface area contributed by atoms with Crippen LogP contribution in [-0.2, 0) is 0 Å². The third kappa shape index (κ3) is 2.34. The van der Waals surface area contributed by atoms with E-state index in [2.05, 4.69) is 55.0 Å². The van der Waals surface area contributed by atoms with E-state index in [1.165, 1.54) is 0 Å². The molecule has 0 amide bonds. The number of aromatic nitrogens is 2. The Labute approximate surface area is 130 Å². The Morgan fingerprint density at radius 1 is 1.00 bits per heavy atom. The Kier molecular flexibility index (Phi) is 3.02. The smallest absolute Gasteiger partial charge is 0.130 e. The monoisotopic (exact) mass is 340 g/mol. The predicted molar refractivity (Wildman–Crippen MR) is 87.2 cm³/mol. The fourth-order valence-corrected chi connectivity index (χ4v) is 2.73. The predicted octanol–water partition coefficient (Wildman–Crippen LogP) is 3.52. The van der Waals surface area contributed by atoms with E-state index < -0.39 is 0 Å². The average molecular weight is 341 g/mol. The summed E-state index contributed by atoms with van der Waals surface area (Å²) in [5, 5.41) is 0. The highest BCUT2D eigenvalue weighted by Crippen LogP contribution is 2.25. The highest BCUT2D eigenvalue weighted by atomic mass is 79.9. The van der Waals surface area contributed by atoms with Crippen LogP contribution in [0.4, 0.5) is 0 Å². The normalized spacial score (nSPS) is 17.8. The van der Waals surface area contributed by atoms with Crippen molar-refractivity contribution in [3.05, 3.63) is 70.5 Å². The van der Waals surface area contributed by atoms with Crippen molar-refractivity contribution in [2.75, 3.05) is 0 Å². The van der Waals surface area contributed by atoms with Gasteiger partial charge < -0.3 is 10.4 Å². The molecule has 0 saturated carbocycles. The van der Waals surface area contributed by atoms with Gasteiger partial charge in [0.2, 0.25) is 0 Å². The summed E-state index contributed by atoms with van der Waals surface area (Å²) >= 11 is 3.45. The molecule has 0 bridgehead atoms. The van der Waals surface area contributed by atoms with Crippen LogP contribution in [0.15, 0.2) is 59.1 Å². The molecule has 0 aliphatic carbocycles. The standard InChI is InChI=1S/C16H13BrN4/c17-11-7-5-10(6-8-11)14-9-15(21-20-14)16-18-12-3-1-2-4-13(12)19-16/h1-9,15,20-21H,(H,18,19). The number of halogens is 1. The van der Waals surface area contributed by atoms with Crippen LogP contribution in [0.1, 0.15) is 17.4 Å². The minimum Gasteiger partial charge on any atom is -0.340 e. The number of nitrogens with one attached hydrogen (secondary N) is 3. The number of aromatic amines is 1. The van der Waals surface area contributed by atoms with Crippen LogP contribution < -0.4 is 10.9 Å². The number of hydrogen-bond acceptors (Lipinski definition) is 3. The SMILES string of the molecule is Brc1ccc(C2=CC(c3nc4ccccc4[nH]3)NN2)cc1. The van der Waals surface area contributed by atoms with E-state index in [9.17, 15) is 0 Å². The third-order valence-corrected chi connectivity index (χ3v) is 4.08. The largest absolute Gasteiger partial charge is 0.340 e. The van der Waals surface area contributed by atoms with Gasteiger partial charge in [0.25, 0.3) is 0 Å². The molecule has 0 fully saturated rings. The van der Waals surface area contributed by atoms with Crippen LogP contribution in [0.5, 0.6) is 0 Å². The fraction of sp³-hybridized carbons (Fsp3) is 0.0625. The summed E-state index contributed by atoms with van der Waals surface area (Å²) in [6.45, 7) is 0. The molecule has 5 heteroatoms. The van der Waals surface area contributed by atoms with Crippen LogP contribution in [-0.4, -0.2) is 9.97 Å². The van der Waals surface area contributed by atoms with Gasteiger partial charge in [-0.1, -0.05) is 40.2 Å². The summed E-state index contributed by atoms with van der Waals surface area (Å²) in [5.41, 5.74) is 10.7. The fourth-order valence-electron chi connectivity index (χ4n) is 2.47. The van der Waals surface area contributed by atoms with Gasteiger partial charge in [-0.25, -0.2) is 10.4 Å². The van der Waals surface area contributed by atoms with Gasteiger partial charge in [0.05, 0.1) is 16.7 Å². The second-order valence-corrected chi connectivity index (χ2v) is 5.89. The first kappa shape index (κ1) is 12.6. The summed E-state index contributed by atoms with van der Waals surface area (Å²) in [5.74, 6) is 0.913. The summed E-state index contributed by atoms with van der Waals surface area (Å²) in [7, 11) is 0. The molecule has 3 aromatic rings.